The molecule has 2 N–H and O–H groups in total. The van der Waals surface area contributed by atoms with E-state index in [2.05, 4.69) is 104 Å². The molecule has 2 unspecified atom stereocenters. The van der Waals surface area contributed by atoms with Gasteiger partial charge in [-0.15, -0.1) is 0 Å². The molecule has 0 spiro atoms. The number of aliphatic hydroxyl groups is 1. The SMILES string of the molecule is CC/C=C\C/C=C\C/C=C\C/C=C\C/C=C\C/C=C\C/C=C\C/C=C\CCCCCCCCCCCCC(=O)OCC(O)COP(=O)(O)OCC[N+](C)(C)C. The maximum atomic E-state index is 11.9. The first kappa shape index (κ1) is 52.4. The minimum atomic E-state index is -4.26. The fraction of sp³-hybridized carbons (Fsp3) is 0.630. The molecule has 0 aliphatic carbocycles. The van der Waals surface area contributed by atoms with Crippen molar-refractivity contribution in [1.82, 2.24) is 0 Å². The van der Waals surface area contributed by atoms with E-state index >= 15 is 0 Å². The molecule has 0 radical (unpaired) electrons. The molecule has 0 aliphatic rings. The minimum absolute atomic E-state index is 0.0492. The van der Waals surface area contributed by atoms with E-state index in [1.54, 1.807) is 0 Å². The smallest absolute Gasteiger partial charge is 0.463 e. The first-order chi connectivity index (χ1) is 26.6. The first-order valence-corrected chi connectivity index (χ1v) is 22.5. The van der Waals surface area contributed by atoms with E-state index in [1.807, 2.05) is 21.1 Å². The Labute approximate surface area is 336 Å². The molecule has 0 amide bonds. The summed E-state index contributed by atoms with van der Waals surface area (Å²) in [7, 11) is 1.55. The summed E-state index contributed by atoms with van der Waals surface area (Å²) < 4.78 is 27.2. The Morgan fingerprint density at radius 1 is 0.564 bits per heavy atom. The van der Waals surface area contributed by atoms with Crippen molar-refractivity contribution < 1.29 is 37.6 Å². The molecule has 55 heavy (non-hydrogen) atoms. The Balaban J connectivity index is 3.55. The fourth-order valence-corrected chi connectivity index (χ4v) is 5.83. The Kier molecular flexibility index (Phi) is 36.5. The number of unbranched alkanes of at least 4 members (excludes halogenated alkanes) is 10. The van der Waals surface area contributed by atoms with E-state index in [-0.39, 0.29) is 19.2 Å². The van der Waals surface area contributed by atoms with Crippen molar-refractivity contribution in [2.24, 2.45) is 0 Å². The second-order valence-corrected chi connectivity index (χ2v) is 16.3. The molecule has 0 aromatic carbocycles. The van der Waals surface area contributed by atoms with Crippen LogP contribution in [0, 0.1) is 0 Å². The lowest BCUT2D eigenvalue weighted by atomic mass is 10.1. The molecule has 9 heteroatoms. The molecule has 0 aromatic heterocycles. The highest BCUT2D eigenvalue weighted by molar-refractivity contribution is 7.47. The molecule has 8 nitrogen and oxygen atoms in total. The Hall–Kier alpha value is -2.58. The lowest BCUT2D eigenvalue weighted by Gasteiger charge is -2.24. The number of carbonyl (C=O) groups excluding carboxylic acids is 1. The van der Waals surface area contributed by atoms with Gasteiger partial charge >= 0.3 is 13.8 Å². The molecule has 0 bridgehead atoms. The van der Waals surface area contributed by atoms with Crippen LogP contribution in [0.2, 0.25) is 0 Å². The van der Waals surface area contributed by atoms with Gasteiger partial charge in [0.25, 0.3) is 0 Å². The molecule has 314 valence electrons. The highest BCUT2D eigenvalue weighted by Gasteiger charge is 2.24. The number of carbonyl (C=O) groups is 1. The number of phosphoric ester groups is 1. The second kappa shape index (κ2) is 38.3. The highest BCUT2D eigenvalue weighted by Crippen LogP contribution is 2.43. The summed E-state index contributed by atoms with van der Waals surface area (Å²) in [5, 5.41) is 9.91. The Bertz CT molecular complexity index is 1190. The number of nitrogens with zero attached hydrogens (tertiary/aromatic N) is 1. The van der Waals surface area contributed by atoms with Gasteiger partial charge in [-0.2, -0.15) is 0 Å². The largest absolute Gasteiger partial charge is 0.472 e. The lowest BCUT2D eigenvalue weighted by Crippen LogP contribution is -2.37. The summed E-state index contributed by atoms with van der Waals surface area (Å²) in [6.45, 7) is 2.01. The van der Waals surface area contributed by atoms with Crippen LogP contribution in [-0.2, 0) is 23.1 Å². The Morgan fingerprint density at radius 2 is 0.945 bits per heavy atom. The maximum absolute atomic E-state index is 11.9. The van der Waals surface area contributed by atoms with Crippen molar-refractivity contribution in [3.8, 4) is 0 Å². The van der Waals surface area contributed by atoms with Crippen LogP contribution in [0.1, 0.15) is 135 Å². The number of phosphoric acid groups is 1. The molecule has 0 aromatic rings. The standard InChI is InChI=1S/C46H78NO7P/c1-5-6-7-8-9-10-11-12-13-14-15-16-17-18-19-20-21-22-23-24-25-26-27-28-29-30-31-32-33-34-35-36-37-38-39-40-46(49)52-43-45(48)44-54-55(50,51)53-42-41-47(2,3)4/h6-7,9-10,12-13,15-16,18-19,21-22,24-25,27-28,45,48H,5,8,11,14,17,20,23,26,29-44H2,1-4H3/p+1/b7-6-,10-9-,13-12-,16-15-,19-18-,22-21-,25-24-,28-27-. The van der Waals surface area contributed by atoms with Gasteiger partial charge in [0.05, 0.1) is 27.7 Å². The van der Waals surface area contributed by atoms with Crippen molar-refractivity contribution in [2.45, 2.75) is 141 Å². The number of aliphatic hydroxyl groups excluding tert-OH is 1. The number of rotatable bonds is 37. The minimum Gasteiger partial charge on any atom is -0.463 e. The third-order valence-corrected chi connectivity index (χ3v) is 9.34. The van der Waals surface area contributed by atoms with Gasteiger partial charge in [0, 0.05) is 6.42 Å². The van der Waals surface area contributed by atoms with Gasteiger partial charge in [-0.1, -0.05) is 156 Å². The number of esters is 1. The van der Waals surface area contributed by atoms with Crippen LogP contribution in [0.25, 0.3) is 0 Å². The Morgan fingerprint density at radius 3 is 1.36 bits per heavy atom. The summed E-state index contributed by atoms with van der Waals surface area (Å²) in [5.41, 5.74) is 0. The van der Waals surface area contributed by atoms with Crippen molar-refractivity contribution in [3.63, 3.8) is 0 Å². The zero-order valence-electron chi connectivity index (χ0n) is 35.1. The van der Waals surface area contributed by atoms with Gasteiger partial charge in [0.1, 0.15) is 25.9 Å². The summed E-state index contributed by atoms with van der Waals surface area (Å²) in [4.78, 5) is 21.6. The normalized spacial score (nSPS) is 14.8. The van der Waals surface area contributed by atoms with Crippen LogP contribution in [0.5, 0.6) is 0 Å². The summed E-state index contributed by atoms with van der Waals surface area (Å²) >= 11 is 0. The second-order valence-electron chi connectivity index (χ2n) is 14.9. The van der Waals surface area contributed by atoms with E-state index in [9.17, 15) is 19.4 Å². The maximum Gasteiger partial charge on any atom is 0.472 e. The molecule has 0 heterocycles. The zero-order valence-corrected chi connectivity index (χ0v) is 36.0. The number of likely N-dealkylation sites (N-methyl/N-ethyl adjacent to an activating group) is 1. The summed E-state index contributed by atoms with van der Waals surface area (Å²) in [5.74, 6) is -0.381. The molecule has 0 saturated carbocycles. The average molecular weight is 789 g/mol. The van der Waals surface area contributed by atoms with Crippen molar-refractivity contribution >= 4 is 13.8 Å². The van der Waals surface area contributed by atoms with E-state index in [4.69, 9.17) is 13.8 Å². The third kappa shape index (κ3) is 44.0. The summed E-state index contributed by atoms with van der Waals surface area (Å²) in [6, 6.07) is 0. The van der Waals surface area contributed by atoms with Crippen molar-refractivity contribution in [3.05, 3.63) is 97.2 Å². The average Bonchev–Trinajstić information content (AvgIpc) is 3.14. The van der Waals surface area contributed by atoms with E-state index < -0.39 is 20.5 Å². The van der Waals surface area contributed by atoms with Gasteiger partial charge in [-0.25, -0.2) is 4.57 Å². The zero-order chi connectivity index (χ0) is 40.6. The monoisotopic (exact) mass is 789 g/mol. The van der Waals surface area contributed by atoms with Crippen LogP contribution in [-0.4, -0.2) is 74.1 Å². The van der Waals surface area contributed by atoms with Crippen LogP contribution in [0.4, 0.5) is 0 Å². The van der Waals surface area contributed by atoms with Crippen LogP contribution < -0.4 is 0 Å². The molecular formula is C46H79NO7P+. The van der Waals surface area contributed by atoms with Gasteiger partial charge in [0.15, 0.2) is 0 Å². The van der Waals surface area contributed by atoms with Crippen LogP contribution in [0.3, 0.4) is 0 Å². The van der Waals surface area contributed by atoms with Gasteiger partial charge in [0.2, 0.25) is 0 Å². The van der Waals surface area contributed by atoms with Crippen molar-refractivity contribution in [1.29, 1.82) is 0 Å². The van der Waals surface area contributed by atoms with E-state index in [0.717, 1.165) is 77.0 Å². The number of quaternary nitrogens is 1. The first-order valence-electron chi connectivity index (χ1n) is 21.0. The van der Waals surface area contributed by atoms with Gasteiger partial charge in [-0.3, -0.25) is 13.8 Å². The van der Waals surface area contributed by atoms with E-state index in [1.165, 1.54) is 44.9 Å². The van der Waals surface area contributed by atoms with Crippen molar-refractivity contribution in [2.75, 3.05) is 47.5 Å². The third-order valence-electron chi connectivity index (χ3n) is 8.36. The topological polar surface area (TPSA) is 102 Å². The number of allylic oxidation sites excluding steroid dienone is 16. The fourth-order valence-electron chi connectivity index (χ4n) is 5.08. The molecule has 0 rings (SSSR count). The number of hydrogen-bond donors (Lipinski definition) is 2. The molecule has 0 fully saturated rings. The molecule has 0 saturated heterocycles. The summed E-state index contributed by atoms with van der Waals surface area (Å²) in [6.07, 6.45) is 55.9. The molecule has 2 atom stereocenters. The molecule has 0 aliphatic heterocycles. The van der Waals surface area contributed by atoms with Crippen LogP contribution in [0.15, 0.2) is 97.2 Å². The predicted molar refractivity (Wildman–Crippen MR) is 233 cm³/mol. The predicted octanol–water partition coefficient (Wildman–Crippen LogP) is 12.0. The number of ether oxygens (including phenoxy) is 1. The number of hydrogen-bond acceptors (Lipinski definition) is 6. The van der Waals surface area contributed by atoms with E-state index in [0.29, 0.717) is 17.4 Å². The quantitative estimate of drug-likeness (QED) is 0.0212. The lowest BCUT2D eigenvalue weighted by molar-refractivity contribution is -0.870. The molecular weight excluding hydrogens is 709 g/mol. The van der Waals surface area contributed by atoms with Gasteiger partial charge < -0.3 is 19.2 Å². The highest BCUT2D eigenvalue weighted by atomic mass is 31.2. The van der Waals surface area contributed by atoms with Gasteiger partial charge in [-0.05, 0) is 70.6 Å². The van der Waals surface area contributed by atoms with Crippen LogP contribution >= 0.6 is 7.82 Å².